The van der Waals surface area contributed by atoms with E-state index in [4.69, 9.17) is 9.47 Å². The van der Waals surface area contributed by atoms with Gasteiger partial charge < -0.3 is 14.5 Å². The number of para-hydroxylation sites is 1. The minimum atomic E-state index is -0.0932. The van der Waals surface area contributed by atoms with Crippen molar-refractivity contribution >= 4 is 10.9 Å². The first-order valence-corrected chi connectivity index (χ1v) is 12.4. The van der Waals surface area contributed by atoms with Gasteiger partial charge in [0, 0.05) is 18.7 Å². The van der Waals surface area contributed by atoms with Crippen LogP contribution in [-0.4, -0.2) is 44.3 Å². The van der Waals surface area contributed by atoms with Crippen LogP contribution < -0.4 is 15.0 Å². The second-order valence-corrected chi connectivity index (χ2v) is 9.26. The topological polar surface area (TPSA) is 98.2 Å². The van der Waals surface area contributed by atoms with Crippen molar-refractivity contribution in [1.82, 2.24) is 30.1 Å². The molecule has 9 heteroatoms. The maximum Gasteiger partial charge on any atom is 0.252 e. The van der Waals surface area contributed by atoms with E-state index in [1.807, 2.05) is 79.7 Å². The molecule has 1 N–H and O–H groups in total. The molecule has 0 aliphatic rings. The van der Waals surface area contributed by atoms with Crippen molar-refractivity contribution in [3.05, 3.63) is 111 Å². The van der Waals surface area contributed by atoms with Gasteiger partial charge in [0.05, 0.1) is 32.8 Å². The Balaban J connectivity index is 1.43. The van der Waals surface area contributed by atoms with E-state index in [9.17, 15) is 4.79 Å². The van der Waals surface area contributed by atoms with Crippen LogP contribution >= 0.6 is 0 Å². The number of hydrogen-bond acceptors (Lipinski definition) is 7. The number of aromatic nitrogens is 5. The number of ether oxygens (including phenoxy) is 2. The summed E-state index contributed by atoms with van der Waals surface area (Å²) in [6.07, 6.45) is 0. The van der Waals surface area contributed by atoms with Crippen LogP contribution in [0.1, 0.15) is 28.1 Å². The molecule has 0 atom stereocenters. The van der Waals surface area contributed by atoms with Gasteiger partial charge in [-0.05, 0) is 69.8 Å². The van der Waals surface area contributed by atoms with E-state index in [-0.39, 0.29) is 5.56 Å². The van der Waals surface area contributed by atoms with Gasteiger partial charge in [0.15, 0.2) is 5.82 Å². The number of aromatic amines is 1. The summed E-state index contributed by atoms with van der Waals surface area (Å²) in [4.78, 5) is 18.3. The highest BCUT2D eigenvalue weighted by Gasteiger charge is 2.16. The van der Waals surface area contributed by atoms with Gasteiger partial charge in [-0.25, -0.2) is 4.68 Å². The number of methoxy groups -OCH3 is 2. The first-order valence-electron chi connectivity index (χ1n) is 12.4. The number of nitrogens with one attached hydrogen (secondary N) is 1. The predicted molar refractivity (Wildman–Crippen MR) is 145 cm³/mol. The predicted octanol–water partition coefficient (Wildman–Crippen LogP) is 4.09. The summed E-state index contributed by atoms with van der Waals surface area (Å²) in [5, 5.41) is 13.5. The van der Waals surface area contributed by atoms with Crippen molar-refractivity contribution in [1.29, 1.82) is 0 Å². The van der Waals surface area contributed by atoms with Crippen LogP contribution in [0.15, 0.2) is 77.6 Å². The molecule has 0 radical (unpaired) electrons. The SMILES string of the molecule is COc1ccc(CN(Cc2cc3cccc(C)c3[nH]c2=O)Cc2nnnn2Cc2ccc(OC)cc2)cc1. The number of benzene rings is 3. The van der Waals surface area contributed by atoms with Crippen LogP contribution in [-0.2, 0) is 26.2 Å². The molecule has 9 nitrogen and oxygen atoms in total. The molecule has 0 saturated carbocycles. The molecular weight excluding hydrogens is 480 g/mol. The van der Waals surface area contributed by atoms with E-state index in [2.05, 4.69) is 25.4 Å². The van der Waals surface area contributed by atoms with E-state index < -0.39 is 0 Å². The summed E-state index contributed by atoms with van der Waals surface area (Å²) in [6.45, 7) is 4.01. The zero-order valence-corrected chi connectivity index (χ0v) is 21.7. The first kappa shape index (κ1) is 25.2. The fourth-order valence-corrected chi connectivity index (χ4v) is 4.51. The Morgan fingerprint density at radius 3 is 2.24 bits per heavy atom. The summed E-state index contributed by atoms with van der Waals surface area (Å²) >= 11 is 0. The van der Waals surface area contributed by atoms with Gasteiger partial charge >= 0.3 is 0 Å². The monoisotopic (exact) mass is 510 g/mol. The van der Waals surface area contributed by atoms with Gasteiger partial charge in [-0.15, -0.1) is 5.10 Å². The van der Waals surface area contributed by atoms with Crippen molar-refractivity contribution < 1.29 is 9.47 Å². The average Bonchev–Trinajstić information content (AvgIpc) is 3.36. The van der Waals surface area contributed by atoms with Crippen molar-refractivity contribution in [2.45, 2.75) is 33.1 Å². The molecule has 38 heavy (non-hydrogen) atoms. The maximum atomic E-state index is 13.1. The van der Waals surface area contributed by atoms with E-state index in [0.717, 1.165) is 39.1 Å². The van der Waals surface area contributed by atoms with E-state index >= 15 is 0 Å². The second kappa shape index (κ2) is 11.3. The van der Waals surface area contributed by atoms with Crippen molar-refractivity contribution in [3.63, 3.8) is 0 Å². The lowest BCUT2D eigenvalue weighted by atomic mass is 10.1. The van der Waals surface area contributed by atoms with E-state index in [1.165, 1.54) is 0 Å². The van der Waals surface area contributed by atoms with Crippen LogP contribution in [0.3, 0.4) is 0 Å². The Hall–Kier alpha value is -4.50. The minimum absolute atomic E-state index is 0.0932. The van der Waals surface area contributed by atoms with Crippen LogP contribution in [0.25, 0.3) is 10.9 Å². The van der Waals surface area contributed by atoms with Gasteiger partial charge in [-0.1, -0.05) is 42.5 Å². The Morgan fingerprint density at radius 1 is 0.868 bits per heavy atom. The molecule has 0 amide bonds. The van der Waals surface area contributed by atoms with Crippen molar-refractivity contribution in [2.24, 2.45) is 0 Å². The Bertz CT molecular complexity index is 1580. The summed E-state index contributed by atoms with van der Waals surface area (Å²) < 4.78 is 12.4. The molecule has 2 aromatic heterocycles. The molecule has 0 bridgehead atoms. The molecule has 0 aliphatic carbocycles. The lowest BCUT2D eigenvalue weighted by Gasteiger charge is -2.22. The lowest BCUT2D eigenvalue weighted by Crippen LogP contribution is -2.28. The van der Waals surface area contributed by atoms with Gasteiger partial charge in [0.25, 0.3) is 5.56 Å². The molecule has 0 saturated heterocycles. The standard InChI is InChI=1S/C29H30N6O3/c1-20-5-4-6-23-15-24(29(36)30-28(20)23)18-34(16-21-7-11-25(37-2)12-8-21)19-27-31-32-33-35(27)17-22-9-13-26(38-3)14-10-22/h4-15H,16-19H2,1-3H3,(H,30,36). The van der Waals surface area contributed by atoms with Crippen LogP contribution in [0.5, 0.6) is 11.5 Å². The Morgan fingerprint density at radius 2 is 1.55 bits per heavy atom. The van der Waals surface area contributed by atoms with E-state index in [1.54, 1.807) is 18.9 Å². The number of H-pyrrole nitrogens is 1. The third-order valence-corrected chi connectivity index (χ3v) is 6.59. The summed E-state index contributed by atoms with van der Waals surface area (Å²) in [7, 11) is 3.30. The highest BCUT2D eigenvalue weighted by Crippen LogP contribution is 2.19. The van der Waals surface area contributed by atoms with Gasteiger partial charge in [0.1, 0.15) is 11.5 Å². The van der Waals surface area contributed by atoms with Gasteiger partial charge in [-0.3, -0.25) is 9.69 Å². The van der Waals surface area contributed by atoms with Crippen molar-refractivity contribution in [3.8, 4) is 11.5 Å². The number of tetrazole rings is 1. The molecule has 0 fully saturated rings. The minimum Gasteiger partial charge on any atom is -0.497 e. The third kappa shape index (κ3) is 5.73. The Kier molecular flexibility index (Phi) is 7.46. The molecule has 0 unspecified atom stereocenters. The number of nitrogens with zero attached hydrogens (tertiary/aromatic N) is 5. The van der Waals surface area contributed by atoms with E-state index in [0.29, 0.717) is 37.6 Å². The summed E-state index contributed by atoms with van der Waals surface area (Å²) in [6, 6.07) is 23.8. The second-order valence-electron chi connectivity index (χ2n) is 9.26. The number of aryl methyl sites for hydroxylation is 1. The normalized spacial score (nSPS) is 11.3. The molecule has 5 aromatic rings. The molecule has 2 heterocycles. The molecule has 0 spiro atoms. The largest absolute Gasteiger partial charge is 0.497 e. The number of rotatable bonds is 10. The highest BCUT2D eigenvalue weighted by molar-refractivity contribution is 5.81. The maximum absolute atomic E-state index is 13.1. The zero-order valence-electron chi connectivity index (χ0n) is 21.7. The average molecular weight is 511 g/mol. The van der Waals surface area contributed by atoms with Crippen LogP contribution in [0.2, 0.25) is 0 Å². The quantitative estimate of drug-likeness (QED) is 0.302. The fourth-order valence-electron chi connectivity index (χ4n) is 4.51. The van der Waals surface area contributed by atoms with Crippen LogP contribution in [0, 0.1) is 6.92 Å². The van der Waals surface area contributed by atoms with Gasteiger partial charge in [-0.2, -0.15) is 0 Å². The molecule has 5 rings (SSSR count). The summed E-state index contributed by atoms with van der Waals surface area (Å²) in [5.74, 6) is 2.31. The number of pyridine rings is 1. The molecule has 0 aliphatic heterocycles. The van der Waals surface area contributed by atoms with Crippen LogP contribution in [0.4, 0.5) is 0 Å². The summed E-state index contributed by atoms with van der Waals surface area (Å²) in [5.41, 5.74) is 4.65. The first-order chi connectivity index (χ1) is 18.5. The third-order valence-electron chi connectivity index (χ3n) is 6.59. The van der Waals surface area contributed by atoms with Gasteiger partial charge in [0.2, 0.25) is 0 Å². The molecule has 3 aromatic carbocycles. The fraction of sp³-hybridized carbons (Fsp3) is 0.241. The number of fused-ring (bicyclic) bond motifs is 1. The van der Waals surface area contributed by atoms with Crippen molar-refractivity contribution in [2.75, 3.05) is 14.2 Å². The molecular formula is C29H30N6O3. The number of hydrogen-bond donors (Lipinski definition) is 1. The smallest absolute Gasteiger partial charge is 0.252 e. The highest BCUT2D eigenvalue weighted by atomic mass is 16.5. The zero-order chi connectivity index (χ0) is 26.5. The lowest BCUT2D eigenvalue weighted by molar-refractivity contribution is 0.236. The Labute approximate surface area is 220 Å². The molecule has 194 valence electrons.